The minimum atomic E-state index is -0.859. The van der Waals surface area contributed by atoms with E-state index in [1.807, 2.05) is 42.6 Å². The molecule has 5 saturated carbocycles. The Labute approximate surface area is 267 Å². The summed E-state index contributed by atoms with van der Waals surface area (Å²) < 4.78 is 5.67. The fourth-order valence-corrected chi connectivity index (χ4v) is 9.87. The highest BCUT2D eigenvalue weighted by molar-refractivity contribution is 5.98. The summed E-state index contributed by atoms with van der Waals surface area (Å²) in [5.74, 6) is 2.52. The van der Waals surface area contributed by atoms with Crippen LogP contribution in [0, 0.1) is 29.1 Å². The third-order valence-corrected chi connectivity index (χ3v) is 11.8. The minimum absolute atomic E-state index is 0.00552. The molecule has 5 fully saturated rings. The minimum Gasteiger partial charge on any atom is -0.456 e. The summed E-state index contributed by atoms with van der Waals surface area (Å²) in [7, 11) is 0. The van der Waals surface area contributed by atoms with Crippen molar-refractivity contribution in [3.05, 3.63) is 71.4 Å². The quantitative estimate of drug-likeness (QED) is 0.171. The van der Waals surface area contributed by atoms with Crippen molar-refractivity contribution in [1.82, 2.24) is 10.3 Å². The average molecular weight is 609 g/mol. The second-order valence-electron chi connectivity index (χ2n) is 14.9. The van der Waals surface area contributed by atoms with Crippen molar-refractivity contribution in [1.29, 1.82) is 0 Å². The number of Topliss-reactive ketones (excluding diaryl/α,β-unsaturated/α-hetero) is 1. The molecule has 0 spiro atoms. The van der Waals surface area contributed by atoms with Crippen molar-refractivity contribution in [3.63, 3.8) is 0 Å². The van der Waals surface area contributed by atoms with Gasteiger partial charge in [0.2, 0.25) is 5.91 Å². The van der Waals surface area contributed by atoms with Crippen LogP contribution < -0.4 is 5.32 Å². The van der Waals surface area contributed by atoms with E-state index in [1.54, 1.807) is 0 Å². The monoisotopic (exact) mass is 608 g/mol. The Morgan fingerprint density at radius 1 is 0.911 bits per heavy atom. The molecule has 6 nitrogen and oxygen atoms in total. The van der Waals surface area contributed by atoms with Gasteiger partial charge in [-0.05, 0) is 111 Å². The van der Waals surface area contributed by atoms with Gasteiger partial charge in [-0.2, -0.15) is 0 Å². The molecular formula is C39H48N2O4. The van der Waals surface area contributed by atoms with E-state index in [0.717, 1.165) is 41.6 Å². The zero-order valence-corrected chi connectivity index (χ0v) is 26.7. The molecule has 6 heteroatoms. The molecule has 0 saturated heterocycles. The summed E-state index contributed by atoms with van der Waals surface area (Å²) in [6.45, 7) is 1.93. The fourth-order valence-electron chi connectivity index (χ4n) is 9.87. The standard InChI is InChI=1S/C39H48N2O4/c1-2-5-25-8-10-29(11-9-25)30-12-14-31(15-13-30)36(42)24-45-37(43)35(19-32-23-40-34-7-4-3-6-33(32)34)41-38(44)39-20-26-16-27(21-39)18-28(17-26)22-39/h3-4,6-7,12-15,23,25-29,35,40H,2,5,8-11,16-22,24H2,1H3,(H,41,44)/t25?,26?,27?,28?,29?,35-,39?/m0/s1. The highest BCUT2D eigenvalue weighted by atomic mass is 16.5. The Balaban J connectivity index is 1.01. The number of ether oxygens (including phenoxy) is 1. The second-order valence-corrected chi connectivity index (χ2v) is 14.9. The van der Waals surface area contributed by atoms with Gasteiger partial charge in [-0.3, -0.25) is 9.59 Å². The number of para-hydroxylation sites is 1. The van der Waals surface area contributed by atoms with Gasteiger partial charge in [0.1, 0.15) is 6.04 Å². The molecule has 238 valence electrons. The van der Waals surface area contributed by atoms with Crippen LogP contribution in [0.5, 0.6) is 0 Å². The van der Waals surface area contributed by atoms with Crippen LogP contribution in [0.2, 0.25) is 0 Å². The maximum absolute atomic E-state index is 14.0. The Kier molecular flexibility index (Phi) is 8.58. The lowest BCUT2D eigenvalue weighted by Gasteiger charge is -2.55. The molecule has 0 aliphatic heterocycles. The molecule has 2 aromatic carbocycles. The van der Waals surface area contributed by atoms with Gasteiger partial charge in [-0.25, -0.2) is 4.79 Å². The van der Waals surface area contributed by atoms with Crippen LogP contribution in [0.25, 0.3) is 10.9 Å². The number of rotatable bonds is 11. The van der Waals surface area contributed by atoms with E-state index in [2.05, 4.69) is 29.4 Å². The molecule has 45 heavy (non-hydrogen) atoms. The zero-order chi connectivity index (χ0) is 31.0. The number of aromatic nitrogens is 1. The third kappa shape index (κ3) is 6.35. The number of nitrogens with one attached hydrogen (secondary N) is 2. The summed E-state index contributed by atoms with van der Waals surface area (Å²) in [4.78, 5) is 44.1. The maximum Gasteiger partial charge on any atom is 0.329 e. The fraction of sp³-hybridized carbons (Fsp3) is 0.564. The van der Waals surface area contributed by atoms with Gasteiger partial charge in [0, 0.05) is 34.5 Å². The lowest BCUT2D eigenvalue weighted by molar-refractivity contribution is -0.153. The van der Waals surface area contributed by atoms with Crippen LogP contribution >= 0.6 is 0 Å². The number of ketones is 1. The smallest absolute Gasteiger partial charge is 0.329 e. The second kappa shape index (κ2) is 12.8. The number of carbonyl (C=O) groups excluding carboxylic acids is 3. The molecule has 1 heterocycles. The lowest BCUT2D eigenvalue weighted by Crippen LogP contribution is -2.56. The molecule has 2 N–H and O–H groups in total. The Morgan fingerprint density at radius 2 is 1.58 bits per heavy atom. The van der Waals surface area contributed by atoms with Gasteiger partial charge in [-0.1, -0.05) is 62.2 Å². The predicted molar refractivity (Wildman–Crippen MR) is 176 cm³/mol. The van der Waals surface area contributed by atoms with Gasteiger partial charge in [0.15, 0.2) is 12.4 Å². The first-order valence-corrected chi connectivity index (χ1v) is 17.5. The molecule has 0 unspecified atom stereocenters. The van der Waals surface area contributed by atoms with Crippen LogP contribution in [0.4, 0.5) is 0 Å². The number of amides is 1. The van der Waals surface area contributed by atoms with E-state index in [9.17, 15) is 14.4 Å². The molecule has 8 rings (SSSR count). The van der Waals surface area contributed by atoms with Gasteiger partial charge in [0.25, 0.3) is 0 Å². The van der Waals surface area contributed by atoms with Crippen molar-refractivity contribution in [2.75, 3.05) is 6.61 Å². The number of H-pyrrole nitrogens is 1. The van der Waals surface area contributed by atoms with Crippen molar-refractivity contribution in [3.8, 4) is 0 Å². The number of benzene rings is 2. The average Bonchev–Trinajstić information content (AvgIpc) is 3.46. The van der Waals surface area contributed by atoms with Gasteiger partial charge < -0.3 is 15.0 Å². The summed E-state index contributed by atoms with van der Waals surface area (Å²) in [6.07, 6.45) is 16.3. The molecule has 0 radical (unpaired) electrons. The summed E-state index contributed by atoms with van der Waals surface area (Å²) in [5, 5.41) is 4.18. The van der Waals surface area contributed by atoms with E-state index in [1.165, 1.54) is 63.4 Å². The largest absolute Gasteiger partial charge is 0.456 e. The number of hydrogen-bond acceptors (Lipinski definition) is 4. The van der Waals surface area contributed by atoms with Crippen LogP contribution in [0.3, 0.4) is 0 Å². The van der Waals surface area contributed by atoms with Gasteiger partial charge >= 0.3 is 5.97 Å². The molecule has 1 amide bonds. The predicted octanol–water partition coefficient (Wildman–Crippen LogP) is 7.91. The topological polar surface area (TPSA) is 88.3 Å². The molecular weight excluding hydrogens is 560 g/mol. The molecule has 4 bridgehead atoms. The van der Waals surface area contributed by atoms with Crippen LogP contribution in [-0.4, -0.2) is 35.3 Å². The van der Waals surface area contributed by atoms with Crippen molar-refractivity contribution < 1.29 is 19.1 Å². The van der Waals surface area contributed by atoms with Gasteiger partial charge in [0.05, 0.1) is 0 Å². The number of fused-ring (bicyclic) bond motifs is 1. The van der Waals surface area contributed by atoms with E-state index in [4.69, 9.17) is 4.74 Å². The summed E-state index contributed by atoms with van der Waals surface area (Å²) >= 11 is 0. The van der Waals surface area contributed by atoms with Crippen molar-refractivity contribution in [2.24, 2.45) is 29.1 Å². The normalized spacial score (nSPS) is 29.4. The van der Waals surface area contributed by atoms with E-state index < -0.39 is 12.0 Å². The van der Waals surface area contributed by atoms with Crippen LogP contribution in [0.15, 0.2) is 54.7 Å². The SMILES string of the molecule is CCCC1CCC(c2ccc(C(=O)COC(=O)[C@H](Cc3c[nH]c4ccccc34)NC(=O)C34CC5CC(CC(C5)C3)C4)cc2)CC1. The lowest BCUT2D eigenvalue weighted by atomic mass is 9.49. The maximum atomic E-state index is 14.0. The van der Waals surface area contributed by atoms with Gasteiger partial charge in [-0.15, -0.1) is 0 Å². The van der Waals surface area contributed by atoms with E-state index in [0.29, 0.717) is 35.7 Å². The van der Waals surface area contributed by atoms with E-state index in [-0.39, 0.29) is 23.7 Å². The number of aromatic amines is 1. The zero-order valence-electron chi connectivity index (χ0n) is 26.7. The first-order valence-electron chi connectivity index (χ1n) is 17.5. The summed E-state index contributed by atoms with van der Waals surface area (Å²) in [6, 6.07) is 15.0. The van der Waals surface area contributed by atoms with Crippen LogP contribution in [0.1, 0.15) is 111 Å². The summed E-state index contributed by atoms with van der Waals surface area (Å²) in [5.41, 5.74) is 3.41. The molecule has 1 atom stereocenters. The number of hydrogen-bond donors (Lipinski definition) is 2. The number of esters is 1. The molecule has 1 aromatic heterocycles. The first kappa shape index (κ1) is 30.3. The molecule has 5 aliphatic carbocycles. The Morgan fingerprint density at radius 3 is 2.24 bits per heavy atom. The number of carbonyl (C=O) groups is 3. The third-order valence-electron chi connectivity index (χ3n) is 11.8. The molecule has 3 aromatic rings. The highest BCUT2D eigenvalue weighted by Gasteiger charge is 2.55. The van der Waals surface area contributed by atoms with E-state index >= 15 is 0 Å². The Hall–Kier alpha value is -3.41. The first-order chi connectivity index (χ1) is 21.9. The van der Waals surface area contributed by atoms with Crippen molar-refractivity contribution in [2.45, 2.75) is 102 Å². The van der Waals surface area contributed by atoms with Crippen molar-refractivity contribution >= 4 is 28.6 Å². The molecule has 5 aliphatic rings. The Bertz CT molecular complexity index is 1490. The highest BCUT2D eigenvalue weighted by Crippen LogP contribution is 2.60. The van der Waals surface area contributed by atoms with Crippen LogP contribution in [-0.2, 0) is 20.7 Å².